The van der Waals surface area contributed by atoms with Crippen LogP contribution >= 0.6 is 12.2 Å². The van der Waals surface area contributed by atoms with Crippen molar-refractivity contribution in [2.45, 2.75) is 0 Å². The molecule has 1 aromatic rings. The van der Waals surface area contributed by atoms with Crippen molar-refractivity contribution in [1.82, 2.24) is 5.32 Å². The molecule has 1 aliphatic rings. The number of fused-ring (bicyclic) bond motifs is 1. The highest BCUT2D eigenvalue weighted by Crippen LogP contribution is 2.28. The predicted molar refractivity (Wildman–Crippen MR) is 77.2 cm³/mol. The molecule has 0 unspecified atom stereocenters. The second kappa shape index (κ2) is 5.66. The summed E-state index contributed by atoms with van der Waals surface area (Å²) in [6.07, 6.45) is 0. The van der Waals surface area contributed by atoms with E-state index >= 15 is 0 Å². The lowest BCUT2D eigenvalue weighted by atomic mass is 10.2. The molecule has 0 saturated heterocycles. The maximum atomic E-state index is 12.1. The van der Waals surface area contributed by atoms with Gasteiger partial charge in [0.15, 0.2) is 0 Å². The molecule has 0 radical (unpaired) electrons. The Bertz CT molecular complexity index is 602. The van der Waals surface area contributed by atoms with Gasteiger partial charge in [-0.15, -0.1) is 0 Å². The third kappa shape index (κ3) is 2.91. The molecule has 4 N–H and O–H groups in total. The smallest absolute Gasteiger partial charge is 0.316 e. The summed E-state index contributed by atoms with van der Waals surface area (Å²) in [5.41, 5.74) is 6.21. The molecule has 1 aromatic carbocycles. The van der Waals surface area contributed by atoms with Crippen LogP contribution in [0.25, 0.3) is 0 Å². The minimum absolute atomic E-state index is 0.0679. The predicted octanol–water partition coefficient (Wildman–Crippen LogP) is -0.626. The Morgan fingerprint density at radius 1 is 1.40 bits per heavy atom. The Morgan fingerprint density at radius 2 is 2.10 bits per heavy atom. The first-order valence-electron chi connectivity index (χ1n) is 5.76. The average Bonchev–Trinajstić information content (AvgIpc) is 2.42. The van der Waals surface area contributed by atoms with E-state index in [0.29, 0.717) is 11.4 Å². The number of nitrogens with zero attached hydrogens (tertiary/aromatic N) is 1. The van der Waals surface area contributed by atoms with Gasteiger partial charge in [0.2, 0.25) is 5.91 Å². The van der Waals surface area contributed by atoms with E-state index in [0.717, 1.165) is 4.90 Å². The van der Waals surface area contributed by atoms with Crippen LogP contribution < -0.4 is 21.3 Å². The van der Waals surface area contributed by atoms with E-state index in [1.807, 2.05) is 0 Å². The number of para-hydroxylation sites is 2. The second-order valence-corrected chi connectivity index (χ2v) is 4.63. The van der Waals surface area contributed by atoms with Crippen LogP contribution in [0.3, 0.4) is 0 Å². The fourth-order valence-electron chi connectivity index (χ4n) is 1.78. The monoisotopic (exact) mass is 292 g/mol. The highest BCUT2D eigenvalue weighted by atomic mass is 32.1. The van der Waals surface area contributed by atoms with E-state index in [9.17, 15) is 14.4 Å². The number of hydrogen-bond acceptors (Lipinski definition) is 4. The van der Waals surface area contributed by atoms with Gasteiger partial charge in [0.05, 0.1) is 22.9 Å². The third-order valence-electron chi connectivity index (χ3n) is 2.63. The molecule has 0 aromatic heterocycles. The van der Waals surface area contributed by atoms with Gasteiger partial charge in [-0.05, 0) is 12.1 Å². The first-order chi connectivity index (χ1) is 9.49. The highest BCUT2D eigenvalue weighted by molar-refractivity contribution is 7.80. The number of nitrogens with two attached hydrogens (primary N) is 1. The molecule has 1 heterocycles. The summed E-state index contributed by atoms with van der Waals surface area (Å²) in [5, 5.41) is 4.93. The molecule has 0 spiro atoms. The van der Waals surface area contributed by atoms with Crippen molar-refractivity contribution in [2.24, 2.45) is 5.73 Å². The first kappa shape index (κ1) is 13.9. The number of anilines is 2. The topological polar surface area (TPSA) is 105 Å². The van der Waals surface area contributed by atoms with Gasteiger partial charge in [0.25, 0.3) is 0 Å². The Labute approximate surface area is 120 Å². The molecular formula is C12H12N4O3S. The van der Waals surface area contributed by atoms with E-state index in [1.54, 1.807) is 24.3 Å². The SMILES string of the molecule is NC(=S)CNC(=O)C(=O)N1CC(=O)Nc2ccccc21. The molecule has 3 amide bonds. The summed E-state index contributed by atoms with van der Waals surface area (Å²) in [6, 6.07) is 6.73. The van der Waals surface area contributed by atoms with Crippen molar-refractivity contribution < 1.29 is 14.4 Å². The number of hydrogen-bond donors (Lipinski definition) is 3. The minimum atomic E-state index is -0.859. The zero-order chi connectivity index (χ0) is 14.7. The highest BCUT2D eigenvalue weighted by Gasteiger charge is 2.30. The zero-order valence-corrected chi connectivity index (χ0v) is 11.2. The van der Waals surface area contributed by atoms with Crippen molar-refractivity contribution in [3.63, 3.8) is 0 Å². The van der Waals surface area contributed by atoms with Gasteiger partial charge in [-0.2, -0.15) is 0 Å². The van der Waals surface area contributed by atoms with Crippen LogP contribution in [0, 0.1) is 0 Å². The van der Waals surface area contributed by atoms with Crippen LogP contribution in [-0.4, -0.2) is 35.8 Å². The van der Waals surface area contributed by atoms with E-state index in [-0.39, 0.29) is 24.0 Å². The van der Waals surface area contributed by atoms with Crippen molar-refractivity contribution in [2.75, 3.05) is 23.3 Å². The number of thiocarbonyl (C=S) groups is 1. The van der Waals surface area contributed by atoms with E-state index < -0.39 is 11.8 Å². The van der Waals surface area contributed by atoms with Gasteiger partial charge >= 0.3 is 11.8 Å². The van der Waals surface area contributed by atoms with Crippen molar-refractivity contribution in [3.8, 4) is 0 Å². The Morgan fingerprint density at radius 3 is 2.80 bits per heavy atom. The average molecular weight is 292 g/mol. The molecule has 2 rings (SSSR count). The van der Waals surface area contributed by atoms with E-state index in [1.165, 1.54) is 0 Å². The molecule has 0 saturated carbocycles. The largest absolute Gasteiger partial charge is 0.392 e. The van der Waals surface area contributed by atoms with Crippen molar-refractivity contribution in [1.29, 1.82) is 0 Å². The Hall–Kier alpha value is -2.48. The number of amides is 3. The summed E-state index contributed by atoms with van der Waals surface area (Å²) >= 11 is 4.61. The normalized spacial score (nSPS) is 13.2. The van der Waals surface area contributed by atoms with Gasteiger partial charge in [-0.3, -0.25) is 19.3 Å². The summed E-state index contributed by atoms with van der Waals surface area (Å²) < 4.78 is 0. The van der Waals surface area contributed by atoms with Gasteiger partial charge < -0.3 is 16.4 Å². The number of carbonyl (C=O) groups is 3. The number of benzene rings is 1. The molecule has 1 aliphatic heterocycles. The minimum Gasteiger partial charge on any atom is -0.392 e. The van der Waals surface area contributed by atoms with Gasteiger partial charge in [0, 0.05) is 0 Å². The maximum Gasteiger partial charge on any atom is 0.316 e. The lowest BCUT2D eigenvalue weighted by molar-refractivity contribution is -0.137. The molecule has 0 aliphatic carbocycles. The second-order valence-electron chi connectivity index (χ2n) is 4.11. The zero-order valence-electron chi connectivity index (χ0n) is 10.4. The summed E-state index contributed by atoms with van der Waals surface area (Å²) in [7, 11) is 0. The van der Waals surface area contributed by atoms with Crippen LogP contribution in [0.1, 0.15) is 0 Å². The van der Waals surface area contributed by atoms with Gasteiger partial charge in [-0.1, -0.05) is 24.4 Å². The Balaban J connectivity index is 2.20. The van der Waals surface area contributed by atoms with Crippen molar-refractivity contribution >= 4 is 46.3 Å². The molecule has 8 heteroatoms. The standard InChI is InChI=1S/C12H12N4O3S/c13-9(20)5-14-11(18)12(19)16-6-10(17)15-7-3-1-2-4-8(7)16/h1-4H,5-6H2,(H2,13,20)(H,14,18)(H,15,17). The number of carbonyl (C=O) groups excluding carboxylic acids is 3. The quantitative estimate of drug-likeness (QED) is 0.497. The van der Waals surface area contributed by atoms with Gasteiger partial charge in [-0.25, -0.2) is 0 Å². The third-order valence-corrected chi connectivity index (χ3v) is 2.78. The molecule has 7 nitrogen and oxygen atoms in total. The maximum absolute atomic E-state index is 12.1. The molecule has 0 fully saturated rings. The number of rotatable bonds is 2. The van der Waals surface area contributed by atoms with Crippen molar-refractivity contribution in [3.05, 3.63) is 24.3 Å². The molecule has 20 heavy (non-hydrogen) atoms. The van der Waals surface area contributed by atoms with E-state index in [2.05, 4.69) is 22.9 Å². The lowest BCUT2D eigenvalue weighted by Crippen LogP contribution is -2.49. The van der Waals surface area contributed by atoms with Crippen LogP contribution in [0.5, 0.6) is 0 Å². The summed E-state index contributed by atoms with van der Waals surface area (Å²) in [6.45, 7) is -0.280. The fourth-order valence-corrected chi connectivity index (χ4v) is 1.85. The van der Waals surface area contributed by atoms with Gasteiger partial charge in [0.1, 0.15) is 6.54 Å². The Kier molecular flexibility index (Phi) is 3.94. The molecule has 104 valence electrons. The number of nitrogens with one attached hydrogen (secondary N) is 2. The van der Waals surface area contributed by atoms with E-state index in [4.69, 9.17) is 5.73 Å². The van der Waals surface area contributed by atoms with Crippen LogP contribution in [-0.2, 0) is 14.4 Å². The molecule has 0 bridgehead atoms. The van der Waals surface area contributed by atoms with Crippen LogP contribution in [0.15, 0.2) is 24.3 Å². The summed E-state index contributed by atoms with van der Waals surface area (Å²) in [4.78, 5) is 36.5. The fraction of sp³-hybridized carbons (Fsp3) is 0.167. The van der Waals surface area contributed by atoms with Crippen LogP contribution in [0.4, 0.5) is 11.4 Å². The first-order valence-corrected chi connectivity index (χ1v) is 6.16. The molecular weight excluding hydrogens is 280 g/mol. The molecule has 0 atom stereocenters. The lowest BCUT2D eigenvalue weighted by Gasteiger charge is -2.28. The summed E-state index contributed by atoms with van der Waals surface area (Å²) in [5.74, 6) is -2.05. The van der Waals surface area contributed by atoms with Crippen LogP contribution in [0.2, 0.25) is 0 Å².